The summed E-state index contributed by atoms with van der Waals surface area (Å²) in [6.45, 7) is 0. The molecule has 0 atom stereocenters. The largest absolute Gasteiger partial charge is 0.573 e. The fourth-order valence-electron chi connectivity index (χ4n) is 3.02. The second-order valence-electron chi connectivity index (χ2n) is 6.66. The zero-order valence-corrected chi connectivity index (χ0v) is 16.4. The van der Waals surface area contributed by atoms with E-state index in [0.29, 0.717) is 28.4 Å². The van der Waals surface area contributed by atoms with Gasteiger partial charge in [-0.05, 0) is 30.3 Å². The maximum atomic E-state index is 12.5. The zero-order chi connectivity index (χ0) is 22.9. The van der Waals surface area contributed by atoms with Crippen LogP contribution in [0, 0.1) is 0 Å². The second-order valence-corrected chi connectivity index (χ2v) is 6.66. The van der Waals surface area contributed by atoms with E-state index in [4.69, 9.17) is 4.74 Å². The van der Waals surface area contributed by atoms with Crippen molar-refractivity contribution < 1.29 is 27.4 Å². The number of hydrogen-bond donors (Lipinski definition) is 2. The second kappa shape index (κ2) is 8.10. The highest BCUT2D eigenvalue weighted by molar-refractivity contribution is 6.04. The van der Waals surface area contributed by atoms with Gasteiger partial charge >= 0.3 is 12.1 Å². The standard InChI is InChI=1S/C21H15F3N4O4/c1-28-17-16(8-9-25-18(17)27-20(28)30)31-14-6-3-5-13(11-14)26-19(29)12-4-2-7-15(10-12)32-21(22,23)24/h2-11H,1H3,(H,26,29)(H,25,27,30). The number of nitrogens with zero attached hydrogens (tertiary/aromatic N) is 2. The predicted molar refractivity (Wildman–Crippen MR) is 109 cm³/mol. The Morgan fingerprint density at radius 2 is 1.84 bits per heavy atom. The number of carbonyl (C=O) groups is 1. The molecule has 1 amide bonds. The number of nitrogens with one attached hydrogen (secondary N) is 2. The number of aromatic nitrogens is 3. The summed E-state index contributed by atoms with van der Waals surface area (Å²) in [5.74, 6) is -0.399. The molecular formula is C21H15F3N4O4. The molecule has 4 rings (SSSR count). The molecule has 32 heavy (non-hydrogen) atoms. The van der Waals surface area contributed by atoms with Gasteiger partial charge in [-0.2, -0.15) is 0 Å². The lowest BCUT2D eigenvalue weighted by Gasteiger charge is -2.11. The molecule has 164 valence electrons. The van der Waals surface area contributed by atoms with E-state index in [1.54, 1.807) is 31.3 Å². The van der Waals surface area contributed by atoms with Crippen LogP contribution in [0.5, 0.6) is 17.2 Å². The number of aryl methyl sites for hydroxylation is 1. The number of carbonyl (C=O) groups excluding carboxylic acids is 1. The number of amides is 1. The summed E-state index contributed by atoms with van der Waals surface area (Å²) in [6.07, 6.45) is -3.38. The molecule has 0 aliphatic heterocycles. The van der Waals surface area contributed by atoms with Crippen LogP contribution in [0.4, 0.5) is 18.9 Å². The molecule has 2 aromatic heterocycles. The molecule has 0 spiro atoms. The number of ether oxygens (including phenoxy) is 2. The molecule has 2 heterocycles. The maximum absolute atomic E-state index is 12.5. The van der Waals surface area contributed by atoms with E-state index in [0.717, 1.165) is 12.1 Å². The lowest BCUT2D eigenvalue weighted by atomic mass is 10.2. The number of halogens is 3. The van der Waals surface area contributed by atoms with E-state index in [2.05, 4.69) is 20.0 Å². The molecule has 0 bridgehead atoms. The first-order chi connectivity index (χ1) is 15.2. The quantitative estimate of drug-likeness (QED) is 0.481. The van der Waals surface area contributed by atoms with Crippen LogP contribution in [0.3, 0.4) is 0 Å². The first kappa shape index (κ1) is 21.0. The van der Waals surface area contributed by atoms with Gasteiger partial charge in [-0.1, -0.05) is 12.1 Å². The highest BCUT2D eigenvalue weighted by atomic mass is 19.4. The van der Waals surface area contributed by atoms with E-state index in [-0.39, 0.29) is 11.3 Å². The topological polar surface area (TPSA) is 98.2 Å². The van der Waals surface area contributed by atoms with Gasteiger partial charge in [0.15, 0.2) is 11.4 Å². The van der Waals surface area contributed by atoms with Gasteiger partial charge in [-0.25, -0.2) is 9.78 Å². The van der Waals surface area contributed by atoms with Gasteiger partial charge < -0.3 is 14.8 Å². The van der Waals surface area contributed by atoms with Crippen LogP contribution in [0.15, 0.2) is 65.6 Å². The van der Waals surface area contributed by atoms with Crippen LogP contribution in [0.2, 0.25) is 0 Å². The van der Waals surface area contributed by atoms with Gasteiger partial charge in [0.25, 0.3) is 5.91 Å². The Morgan fingerprint density at radius 3 is 2.62 bits per heavy atom. The molecular weight excluding hydrogens is 429 g/mol. The summed E-state index contributed by atoms with van der Waals surface area (Å²) < 4.78 is 48.3. The van der Waals surface area contributed by atoms with Crippen molar-refractivity contribution in [2.45, 2.75) is 6.36 Å². The number of pyridine rings is 1. The van der Waals surface area contributed by atoms with E-state index in [9.17, 15) is 22.8 Å². The van der Waals surface area contributed by atoms with Gasteiger partial charge in [-0.3, -0.25) is 14.3 Å². The van der Waals surface area contributed by atoms with Crippen LogP contribution >= 0.6 is 0 Å². The Kier molecular flexibility index (Phi) is 5.31. The Labute approximate surface area is 178 Å². The number of H-pyrrole nitrogens is 1. The summed E-state index contributed by atoms with van der Waals surface area (Å²) in [5, 5.41) is 2.60. The summed E-state index contributed by atoms with van der Waals surface area (Å²) in [7, 11) is 1.57. The number of hydrogen-bond acceptors (Lipinski definition) is 5. The molecule has 0 unspecified atom stereocenters. The molecule has 0 aliphatic carbocycles. The molecule has 2 aromatic carbocycles. The lowest BCUT2D eigenvalue weighted by molar-refractivity contribution is -0.274. The molecule has 0 saturated heterocycles. The van der Waals surface area contributed by atoms with Crippen molar-refractivity contribution in [2.75, 3.05) is 5.32 Å². The van der Waals surface area contributed by atoms with Gasteiger partial charge in [-0.15, -0.1) is 13.2 Å². The van der Waals surface area contributed by atoms with Crippen LogP contribution < -0.4 is 20.5 Å². The summed E-state index contributed by atoms with van der Waals surface area (Å²) in [5.41, 5.74) is 0.814. The van der Waals surface area contributed by atoms with E-state index in [1.165, 1.54) is 29.0 Å². The fraction of sp³-hybridized carbons (Fsp3) is 0.0952. The average molecular weight is 444 g/mol. The molecule has 0 aliphatic rings. The maximum Gasteiger partial charge on any atom is 0.573 e. The molecule has 2 N–H and O–H groups in total. The fourth-order valence-corrected chi connectivity index (χ4v) is 3.02. The Balaban J connectivity index is 1.54. The molecule has 0 radical (unpaired) electrons. The van der Waals surface area contributed by atoms with Crippen molar-refractivity contribution in [1.82, 2.24) is 14.5 Å². The first-order valence-electron chi connectivity index (χ1n) is 9.18. The Morgan fingerprint density at radius 1 is 1.09 bits per heavy atom. The Bertz CT molecular complexity index is 1360. The molecule has 0 fully saturated rings. The van der Waals surface area contributed by atoms with E-state index >= 15 is 0 Å². The van der Waals surface area contributed by atoms with Crippen LogP contribution in [0.25, 0.3) is 11.2 Å². The molecule has 0 saturated carbocycles. The van der Waals surface area contributed by atoms with Gasteiger partial charge in [0, 0.05) is 36.6 Å². The third kappa shape index (κ3) is 4.56. The van der Waals surface area contributed by atoms with Crippen LogP contribution in [0.1, 0.15) is 10.4 Å². The van der Waals surface area contributed by atoms with Crippen molar-refractivity contribution in [3.05, 3.63) is 76.8 Å². The van der Waals surface area contributed by atoms with Crippen molar-refractivity contribution in [3.63, 3.8) is 0 Å². The minimum atomic E-state index is -4.86. The number of fused-ring (bicyclic) bond motifs is 1. The summed E-state index contributed by atoms with van der Waals surface area (Å²) >= 11 is 0. The SMILES string of the molecule is Cn1c(=O)[nH]c2nccc(Oc3cccc(NC(=O)c4cccc(OC(F)(F)F)c4)c3)c21. The number of imidazole rings is 1. The third-order valence-corrected chi connectivity index (χ3v) is 4.40. The highest BCUT2D eigenvalue weighted by Crippen LogP contribution is 2.29. The molecule has 11 heteroatoms. The van der Waals surface area contributed by atoms with Crippen LogP contribution in [-0.2, 0) is 7.05 Å². The van der Waals surface area contributed by atoms with Crippen molar-refractivity contribution in [3.8, 4) is 17.2 Å². The minimum Gasteiger partial charge on any atom is -0.455 e. The summed E-state index contributed by atoms with van der Waals surface area (Å²) in [4.78, 5) is 31.0. The van der Waals surface area contributed by atoms with Gasteiger partial charge in [0.2, 0.25) is 0 Å². The normalized spacial score (nSPS) is 11.4. The van der Waals surface area contributed by atoms with E-state index in [1.807, 2.05) is 0 Å². The third-order valence-electron chi connectivity index (χ3n) is 4.40. The number of benzene rings is 2. The molecule has 4 aromatic rings. The first-order valence-corrected chi connectivity index (χ1v) is 9.18. The van der Waals surface area contributed by atoms with Crippen molar-refractivity contribution in [2.24, 2.45) is 7.05 Å². The van der Waals surface area contributed by atoms with Gasteiger partial charge in [0.05, 0.1) is 0 Å². The lowest BCUT2D eigenvalue weighted by Crippen LogP contribution is -2.18. The Hall–Kier alpha value is -4.28. The number of anilines is 1. The highest BCUT2D eigenvalue weighted by Gasteiger charge is 2.31. The zero-order valence-electron chi connectivity index (χ0n) is 16.4. The number of alkyl halides is 3. The predicted octanol–water partition coefficient (Wildman–Crippen LogP) is 4.20. The number of rotatable bonds is 5. The minimum absolute atomic E-state index is 0.0174. The number of aromatic amines is 1. The molecule has 8 nitrogen and oxygen atoms in total. The van der Waals surface area contributed by atoms with E-state index < -0.39 is 18.0 Å². The summed E-state index contributed by atoms with van der Waals surface area (Å²) in [6, 6.07) is 12.7. The van der Waals surface area contributed by atoms with Gasteiger partial charge in [0.1, 0.15) is 17.0 Å². The van der Waals surface area contributed by atoms with Crippen molar-refractivity contribution in [1.29, 1.82) is 0 Å². The van der Waals surface area contributed by atoms with Crippen LogP contribution in [-0.4, -0.2) is 26.8 Å². The smallest absolute Gasteiger partial charge is 0.455 e. The monoisotopic (exact) mass is 444 g/mol. The van der Waals surface area contributed by atoms with Crippen molar-refractivity contribution >= 4 is 22.8 Å². The average Bonchev–Trinajstić information content (AvgIpc) is 3.02.